The second-order valence-corrected chi connectivity index (χ2v) is 9.28. The third-order valence-corrected chi connectivity index (χ3v) is 6.83. The maximum atomic E-state index is 15.3. The lowest BCUT2D eigenvalue weighted by Gasteiger charge is -2.25. The number of rotatable bonds is 7. The molecule has 36 heavy (non-hydrogen) atoms. The van der Waals surface area contributed by atoms with Crippen molar-refractivity contribution < 1.29 is 13.5 Å². The number of benzene rings is 3. The van der Waals surface area contributed by atoms with Crippen LogP contribution in [0.4, 0.5) is 20.2 Å². The van der Waals surface area contributed by atoms with Gasteiger partial charge in [0.15, 0.2) is 0 Å². The first-order chi connectivity index (χ1) is 17.5. The van der Waals surface area contributed by atoms with Crippen LogP contribution in [0.3, 0.4) is 0 Å². The molecule has 4 rings (SSSR count). The van der Waals surface area contributed by atoms with Gasteiger partial charge in [0.1, 0.15) is 17.4 Å². The van der Waals surface area contributed by atoms with Crippen LogP contribution in [0.15, 0.2) is 58.8 Å². The van der Waals surface area contributed by atoms with Gasteiger partial charge in [0.05, 0.1) is 24.0 Å². The van der Waals surface area contributed by atoms with Crippen LogP contribution in [-0.2, 0) is 19.3 Å². The maximum absolute atomic E-state index is 15.3. The molecule has 0 N–H and O–H groups in total. The average Bonchev–Trinajstić information content (AvgIpc) is 2.91. The monoisotopic (exact) mass is 486 g/mol. The first-order valence-corrected chi connectivity index (χ1v) is 12.7. The van der Waals surface area contributed by atoms with E-state index in [1.807, 2.05) is 49.4 Å². The molecule has 0 saturated carbocycles. The standard InChI is InChI=1S/C31H32F2N2O/c1-4-6-7-21-8-16-28-24(18-21)20-30(32)29(31(28)33)17-10-23-9-11-26(19-22(23)5-2)35-34-25-12-14-27(36-3)15-13-25/h9,11-15,19-21H,4-8,16,18H2,1-3H3. The molecule has 3 aromatic carbocycles. The number of nitrogens with zero attached hydrogens (tertiary/aromatic N) is 2. The first-order valence-electron chi connectivity index (χ1n) is 12.7. The molecule has 0 radical (unpaired) electrons. The molecule has 0 spiro atoms. The lowest BCUT2D eigenvalue weighted by Crippen LogP contribution is -2.17. The summed E-state index contributed by atoms with van der Waals surface area (Å²) in [6.45, 7) is 4.19. The van der Waals surface area contributed by atoms with Gasteiger partial charge in [0, 0.05) is 5.56 Å². The summed E-state index contributed by atoms with van der Waals surface area (Å²) in [4.78, 5) is 0. The van der Waals surface area contributed by atoms with Crippen molar-refractivity contribution in [3.63, 3.8) is 0 Å². The van der Waals surface area contributed by atoms with E-state index in [1.54, 1.807) is 7.11 Å². The van der Waals surface area contributed by atoms with Gasteiger partial charge < -0.3 is 4.74 Å². The van der Waals surface area contributed by atoms with Gasteiger partial charge >= 0.3 is 0 Å². The fraction of sp³-hybridized carbons (Fsp3) is 0.355. The molecule has 0 amide bonds. The molecule has 0 bridgehead atoms. The second-order valence-electron chi connectivity index (χ2n) is 9.28. The normalized spacial score (nSPS) is 14.9. The fourth-order valence-corrected chi connectivity index (χ4v) is 4.73. The molecule has 1 atom stereocenters. The Kier molecular flexibility index (Phi) is 8.48. The van der Waals surface area contributed by atoms with Gasteiger partial charge in [-0.15, -0.1) is 0 Å². The van der Waals surface area contributed by atoms with Crippen molar-refractivity contribution >= 4 is 11.4 Å². The minimum Gasteiger partial charge on any atom is -0.497 e. The zero-order valence-corrected chi connectivity index (χ0v) is 21.2. The van der Waals surface area contributed by atoms with E-state index < -0.39 is 11.6 Å². The number of unbranched alkanes of at least 4 members (excludes halogenated alkanes) is 1. The molecule has 0 aliphatic heterocycles. The summed E-state index contributed by atoms with van der Waals surface area (Å²) >= 11 is 0. The topological polar surface area (TPSA) is 34.0 Å². The Morgan fingerprint density at radius 2 is 1.72 bits per heavy atom. The third kappa shape index (κ3) is 5.99. The van der Waals surface area contributed by atoms with Crippen molar-refractivity contribution in [2.75, 3.05) is 7.11 Å². The molecule has 5 heteroatoms. The van der Waals surface area contributed by atoms with Crippen LogP contribution in [0.5, 0.6) is 5.75 Å². The highest BCUT2D eigenvalue weighted by molar-refractivity contribution is 5.54. The van der Waals surface area contributed by atoms with Gasteiger partial charge in [0.2, 0.25) is 0 Å². The van der Waals surface area contributed by atoms with Gasteiger partial charge in [-0.1, -0.05) is 45.0 Å². The van der Waals surface area contributed by atoms with E-state index in [9.17, 15) is 4.39 Å². The Morgan fingerprint density at radius 3 is 2.44 bits per heavy atom. The van der Waals surface area contributed by atoms with Crippen LogP contribution in [0.2, 0.25) is 0 Å². The number of azo groups is 1. The Morgan fingerprint density at radius 1 is 0.972 bits per heavy atom. The molecular weight excluding hydrogens is 454 g/mol. The lowest BCUT2D eigenvalue weighted by molar-refractivity contribution is 0.402. The Balaban J connectivity index is 1.55. The summed E-state index contributed by atoms with van der Waals surface area (Å²) in [6.07, 6.45) is 6.50. The molecule has 0 aromatic heterocycles. The van der Waals surface area contributed by atoms with Crippen molar-refractivity contribution in [3.8, 4) is 17.6 Å². The molecular formula is C31H32F2N2O. The number of methoxy groups -OCH3 is 1. The van der Waals surface area contributed by atoms with Crippen molar-refractivity contribution in [2.45, 2.75) is 58.8 Å². The van der Waals surface area contributed by atoms with Crippen LogP contribution in [-0.4, -0.2) is 7.11 Å². The summed E-state index contributed by atoms with van der Waals surface area (Å²) in [5, 5.41) is 8.59. The minimum absolute atomic E-state index is 0.133. The van der Waals surface area contributed by atoms with Gasteiger partial charge in [0.25, 0.3) is 0 Å². The molecule has 0 fully saturated rings. The molecule has 1 aliphatic carbocycles. The van der Waals surface area contributed by atoms with Crippen molar-refractivity contribution in [1.82, 2.24) is 0 Å². The van der Waals surface area contributed by atoms with E-state index in [-0.39, 0.29) is 5.56 Å². The van der Waals surface area contributed by atoms with Gasteiger partial charge in [-0.05, 0) is 96.8 Å². The van der Waals surface area contributed by atoms with Gasteiger partial charge in [-0.2, -0.15) is 10.2 Å². The summed E-state index contributed by atoms with van der Waals surface area (Å²) in [5.74, 6) is 6.00. The summed E-state index contributed by atoms with van der Waals surface area (Å²) in [7, 11) is 1.62. The molecule has 3 nitrogen and oxygen atoms in total. The highest BCUT2D eigenvalue weighted by Gasteiger charge is 2.24. The largest absolute Gasteiger partial charge is 0.497 e. The second kappa shape index (κ2) is 11.9. The van der Waals surface area contributed by atoms with Crippen LogP contribution in [0.1, 0.15) is 67.3 Å². The smallest absolute Gasteiger partial charge is 0.145 e. The highest BCUT2D eigenvalue weighted by Crippen LogP contribution is 2.33. The van der Waals surface area contributed by atoms with E-state index in [2.05, 4.69) is 29.0 Å². The van der Waals surface area contributed by atoms with Crippen molar-refractivity contribution in [3.05, 3.63) is 88.0 Å². The number of ether oxygens (including phenoxy) is 1. The highest BCUT2D eigenvalue weighted by atomic mass is 19.1. The van der Waals surface area contributed by atoms with E-state index in [0.717, 1.165) is 54.5 Å². The zero-order valence-electron chi connectivity index (χ0n) is 21.2. The summed E-state index contributed by atoms with van der Waals surface area (Å²) in [6, 6.07) is 14.4. The van der Waals surface area contributed by atoms with E-state index in [0.29, 0.717) is 35.7 Å². The van der Waals surface area contributed by atoms with Crippen LogP contribution in [0, 0.1) is 29.4 Å². The predicted molar refractivity (Wildman–Crippen MR) is 140 cm³/mol. The van der Waals surface area contributed by atoms with Gasteiger partial charge in [-0.3, -0.25) is 0 Å². The Hall–Kier alpha value is -3.52. The molecule has 1 aliphatic rings. The van der Waals surface area contributed by atoms with Crippen LogP contribution >= 0.6 is 0 Å². The quantitative estimate of drug-likeness (QED) is 0.243. The SMILES string of the molecule is CCCCC1CCc2c(cc(F)c(C#Cc3ccc(N=Nc4ccc(OC)cc4)cc3CC)c2F)C1. The molecule has 0 saturated heterocycles. The fourth-order valence-electron chi connectivity index (χ4n) is 4.73. The molecule has 3 aromatic rings. The number of fused-ring (bicyclic) bond motifs is 1. The van der Waals surface area contributed by atoms with Crippen molar-refractivity contribution in [2.24, 2.45) is 16.1 Å². The number of hydrogen-bond acceptors (Lipinski definition) is 3. The lowest BCUT2D eigenvalue weighted by atomic mass is 9.80. The van der Waals surface area contributed by atoms with Crippen LogP contribution in [0.25, 0.3) is 0 Å². The summed E-state index contributed by atoms with van der Waals surface area (Å²) < 4.78 is 35.3. The minimum atomic E-state index is -0.571. The number of hydrogen-bond donors (Lipinski definition) is 0. The average molecular weight is 487 g/mol. The van der Waals surface area contributed by atoms with Crippen LogP contribution < -0.4 is 4.74 Å². The number of halogens is 2. The van der Waals surface area contributed by atoms with Crippen molar-refractivity contribution in [1.29, 1.82) is 0 Å². The number of aryl methyl sites for hydroxylation is 1. The van der Waals surface area contributed by atoms with E-state index >= 15 is 4.39 Å². The third-order valence-electron chi connectivity index (χ3n) is 6.83. The van der Waals surface area contributed by atoms with E-state index in [4.69, 9.17) is 4.74 Å². The maximum Gasteiger partial charge on any atom is 0.145 e. The first kappa shape index (κ1) is 25.6. The Bertz CT molecular complexity index is 1300. The van der Waals surface area contributed by atoms with Gasteiger partial charge in [-0.25, -0.2) is 8.78 Å². The molecule has 186 valence electrons. The molecule has 1 unspecified atom stereocenters. The predicted octanol–water partition coefficient (Wildman–Crippen LogP) is 8.65. The summed E-state index contributed by atoms with van der Waals surface area (Å²) in [5.41, 5.74) is 4.40. The Labute approximate surface area is 212 Å². The molecule has 0 heterocycles. The zero-order chi connectivity index (χ0) is 25.5. The van der Waals surface area contributed by atoms with E-state index in [1.165, 1.54) is 6.07 Å².